The van der Waals surface area contributed by atoms with Crippen LogP contribution in [0.15, 0.2) is 4.99 Å². The number of hydrogen-bond donors (Lipinski definition) is 2. The van der Waals surface area contributed by atoms with E-state index in [1.807, 2.05) is 0 Å². The van der Waals surface area contributed by atoms with E-state index in [0.717, 1.165) is 0 Å². The molecule has 6 heteroatoms. The summed E-state index contributed by atoms with van der Waals surface area (Å²) in [5.41, 5.74) is 5.41. The van der Waals surface area contributed by atoms with Gasteiger partial charge in [-0.05, 0) is 6.92 Å². The number of amides is 2. The summed E-state index contributed by atoms with van der Waals surface area (Å²) in [5, 5.41) is 2.16. The average Bonchev–Trinajstić information content (AvgIpc) is 1.98. The average molecular weight is 187 g/mol. The number of amidine groups is 1. The fraction of sp³-hybridized carbons (Fsp3) is 0.571. The molecule has 1 heterocycles. The van der Waals surface area contributed by atoms with E-state index in [9.17, 15) is 14.0 Å². The molecule has 0 bridgehead atoms. The molecule has 0 radical (unpaired) electrons. The number of hydrogen-bond acceptors (Lipinski definition) is 3. The number of carbonyl (C=O) groups is 2. The molecule has 13 heavy (non-hydrogen) atoms. The lowest BCUT2D eigenvalue weighted by molar-refractivity contribution is -0.134. The van der Waals surface area contributed by atoms with Crippen molar-refractivity contribution in [1.82, 2.24) is 5.32 Å². The van der Waals surface area contributed by atoms with Crippen LogP contribution in [0.5, 0.6) is 0 Å². The molecule has 1 aliphatic heterocycles. The van der Waals surface area contributed by atoms with E-state index in [2.05, 4.69) is 10.3 Å². The lowest BCUT2D eigenvalue weighted by Gasteiger charge is -2.15. The van der Waals surface area contributed by atoms with Gasteiger partial charge in [-0.3, -0.25) is 9.59 Å². The molecule has 1 aliphatic rings. The largest absolute Gasteiger partial charge is 0.328 e. The zero-order valence-corrected chi connectivity index (χ0v) is 7.08. The number of alkyl halides is 1. The molecule has 1 rings (SSSR count). The van der Waals surface area contributed by atoms with Crippen molar-refractivity contribution in [3.05, 3.63) is 0 Å². The maximum atomic E-state index is 12.6. The third kappa shape index (κ3) is 2.32. The maximum absolute atomic E-state index is 12.6. The highest BCUT2D eigenvalue weighted by molar-refractivity contribution is 6.17. The molecule has 0 spiro atoms. The summed E-state index contributed by atoms with van der Waals surface area (Å²) >= 11 is 0. The van der Waals surface area contributed by atoms with Gasteiger partial charge in [0.05, 0.1) is 0 Å². The third-order valence-electron chi connectivity index (χ3n) is 1.47. The predicted octanol–water partition coefficient (Wildman–Crippen LogP) is -0.883. The van der Waals surface area contributed by atoms with E-state index in [1.165, 1.54) is 0 Å². The molecule has 2 amide bonds. The Bertz CT molecular complexity index is 275. The molecule has 0 fully saturated rings. The minimum Gasteiger partial charge on any atom is -0.328 e. The molecule has 2 atom stereocenters. The van der Waals surface area contributed by atoms with Crippen molar-refractivity contribution in [3.8, 4) is 0 Å². The van der Waals surface area contributed by atoms with Crippen LogP contribution in [0.2, 0.25) is 0 Å². The minimum absolute atomic E-state index is 0.138. The summed E-state index contributed by atoms with van der Waals surface area (Å²) < 4.78 is 12.6. The Morgan fingerprint density at radius 3 is 2.77 bits per heavy atom. The number of nitrogens with one attached hydrogen (secondary N) is 1. The first-order valence-electron chi connectivity index (χ1n) is 3.82. The van der Waals surface area contributed by atoms with E-state index in [1.54, 1.807) is 6.92 Å². The standard InChI is InChI=1S/C7H10FN3O2/c1-3(9)2-4-10-6(12)5(8)7(13)11-4/h3,5H,2,9H2,1H3,(H,10,11,12,13). The third-order valence-corrected chi connectivity index (χ3v) is 1.47. The molecule has 2 unspecified atom stereocenters. The summed E-state index contributed by atoms with van der Waals surface area (Å²) in [6.45, 7) is 1.70. The second kappa shape index (κ2) is 3.61. The van der Waals surface area contributed by atoms with Crippen LogP contribution >= 0.6 is 0 Å². The topological polar surface area (TPSA) is 84.5 Å². The summed E-state index contributed by atoms with van der Waals surface area (Å²) in [6, 6.07) is -0.233. The van der Waals surface area contributed by atoms with Gasteiger partial charge in [0.2, 0.25) is 0 Å². The summed E-state index contributed by atoms with van der Waals surface area (Å²) in [4.78, 5) is 24.8. The number of nitrogens with zero attached hydrogens (tertiary/aromatic N) is 1. The van der Waals surface area contributed by atoms with Gasteiger partial charge in [0, 0.05) is 12.5 Å². The quantitative estimate of drug-likeness (QED) is 0.550. The summed E-state index contributed by atoms with van der Waals surface area (Å²) in [6.07, 6.45) is -1.92. The first kappa shape index (κ1) is 9.79. The Morgan fingerprint density at radius 1 is 1.69 bits per heavy atom. The van der Waals surface area contributed by atoms with Gasteiger partial charge < -0.3 is 11.1 Å². The Kier molecular flexibility index (Phi) is 2.72. The van der Waals surface area contributed by atoms with Gasteiger partial charge in [-0.25, -0.2) is 4.39 Å². The highest BCUT2D eigenvalue weighted by Crippen LogP contribution is 2.03. The molecule has 0 aromatic rings. The first-order valence-corrected chi connectivity index (χ1v) is 3.82. The Hall–Kier alpha value is -1.30. The Morgan fingerprint density at radius 2 is 2.31 bits per heavy atom. The summed E-state index contributed by atoms with van der Waals surface area (Å²) in [7, 11) is 0. The number of halogens is 1. The molecular formula is C7H10FN3O2. The highest BCUT2D eigenvalue weighted by Gasteiger charge is 2.31. The fourth-order valence-electron chi connectivity index (χ4n) is 0.937. The van der Waals surface area contributed by atoms with Crippen molar-refractivity contribution in [2.75, 3.05) is 0 Å². The molecule has 0 aromatic carbocycles. The maximum Gasteiger partial charge on any atom is 0.291 e. The zero-order valence-electron chi connectivity index (χ0n) is 7.08. The lowest BCUT2D eigenvalue weighted by Crippen LogP contribution is -2.46. The van der Waals surface area contributed by atoms with Crippen LogP contribution in [-0.2, 0) is 9.59 Å². The number of rotatable bonds is 2. The van der Waals surface area contributed by atoms with Gasteiger partial charge in [-0.2, -0.15) is 4.99 Å². The minimum atomic E-state index is -2.17. The monoisotopic (exact) mass is 187 g/mol. The molecule has 0 saturated heterocycles. The van der Waals surface area contributed by atoms with Crippen molar-refractivity contribution in [2.24, 2.45) is 10.7 Å². The van der Waals surface area contributed by atoms with Gasteiger partial charge in [0.1, 0.15) is 5.84 Å². The van der Waals surface area contributed by atoms with Crippen LogP contribution in [0.4, 0.5) is 4.39 Å². The molecule has 3 N–H and O–H groups in total. The Balaban J connectivity index is 2.73. The number of aliphatic imine (C=N–C) groups is 1. The molecule has 0 aromatic heterocycles. The molecule has 0 saturated carbocycles. The zero-order chi connectivity index (χ0) is 10.0. The molecule has 5 nitrogen and oxygen atoms in total. The van der Waals surface area contributed by atoms with Crippen LogP contribution in [0.3, 0.4) is 0 Å². The van der Waals surface area contributed by atoms with Gasteiger partial charge in [0.15, 0.2) is 0 Å². The van der Waals surface area contributed by atoms with Crippen LogP contribution < -0.4 is 11.1 Å². The summed E-state index contributed by atoms with van der Waals surface area (Å²) in [5.74, 6) is -1.88. The van der Waals surface area contributed by atoms with E-state index in [-0.39, 0.29) is 18.3 Å². The van der Waals surface area contributed by atoms with Gasteiger partial charge >= 0.3 is 0 Å². The molecule has 0 aliphatic carbocycles. The van der Waals surface area contributed by atoms with E-state index in [4.69, 9.17) is 5.73 Å². The normalized spacial score (nSPS) is 25.2. The SMILES string of the molecule is CC(N)CC1=NC(=O)C(F)C(=O)N1. The lowest BCUT2D eigenvalue weighted by atomic mass is 10.2. The molecule has 72 valence electrons. The van der Waals surface area contributed by atoms with Gasteiger partial charge in [-0.1, -0.05) is 0 Å². The predicted molar refractivity (Wildman–Crippen MR) is 43.7 cm³/mol. The van der Waals surface area contributed by atoms with E-state index in [0.29, 0.717) is 0 Å². The Labute approximate surface area is 74.2 Å². The second-order valence-corrected chi connectivity index (χ2v) is 2.93. The van der Waals surface area contributed by atoms with Gasteiger partial charge in [-0.15, -0.1) is 0 Å². The van der Waals surface area contributed by atoms with Crippen molar-refractivity contribution in [1.29, 1.82) is 0 Å². The van der Waals surface area contributed by atoms with Crippen molar-refractivity contribution >= 4 is 17.6 Å². The van der Waals surface area contributed by atoms with Crippen LogP contribution in [0.1, 0.15) is 13.3 Å². The van der Waals surface area contributed by atoms with Gasteiger partial charge in [0.25, 0.3) is 18.0 Å². The molecular weight excluding hydrogens is 177 g/mol. The van der Waals surface area contributed by atoms with Crippen LogP contribution in [-0.4, -0.2) is 29.9 Å². The first-order chi connectivity index (χ1) is 6.00. The fourth-order valence-corrected chi connectivity index (χ4v) is 0.937. The van der Waals surface area contributed by atoms with Crippen molar-refractivity contribution < 1.29 is 14.0 Å². The number of nitrogens with two attached hydrogens (primary N) is 1. The van der Waals surface area contributed by atoms with Crippen molar-refractivity contribution in [2.45, 2.75) is 25.6 Å². The smallest absolute Gasteiger partial charge is 0.291 e. The number of carbonyl (C=O) groups excluding carboxylic acids is 2. The van der Waals surface area contributed by atoms with E-state index < -0.39 is 18.0 Å². The second-order valence-electron chi connectivity index (χ2n) is 2.93. The van der Waals surface area contributed by atoms with Crippen LogP contribution in [0.25, 0.3) is 0 Å². The van der Waals surface area contributed by atoms with Crippen molar-refractivity contribution in [3.63, 3.8) is 0 Å². The van der Waals surface area contributed by atoms with Crippen LogP contribution in [0, 0.1) is 0 Å². The highest BCUT2D eigenvalue weighted by atomic mass is 19.1. The van der Waals surface area contributed by atoms with E-state index >= 15 is 0 Å².